The van der Waals surface area contributed by atoms with Gasteiger partial charge in [0.05, 0.1) is 0 Å². The SMILES string of the molecule is C=CCC[C@@H](c1cc(Cl)ccc1F)N1CCNCC1. The van der Waals surface area contributed by atoms with Crippen LogP contribution in [0.3, 0.4) is 0 Å². The highest BCUT2D eigenvalue weighted by molar-refractivity contribution is 6.30. The number of allylic oxidation sites excluding steroid dienone is 1. The summed E-state index contributed by atoms with van der Waals surface area (Å²) >= 11 is 6.02. The van der Waals surface area contributed by atoms with Crippen molar-refractivity contribution in [2.24, 2.45) is 0 Å². The van der Waals surface area contributed by atoms with Crippen LogP contribution in [0.25, 0.3) is 0 Å². The normalized spacial score (nSPS) is 18.2. The minimum Gasteiger partial charge on any atom is -0.314 e. The molecule has 0 spiro atoms. The van der Waals surface area contributed by atoms with Crippen LogP contribution in [-0.4, -0.2) is 31.1 Å². The van der Waals surface area contributed by atoms with E-state index in [2.05, 4.69) is 16.8 Å². The monoisotopic (exact) mass is 282 g/mol. The third-order valence-electron chi connectivity index (χ3n) is 3.55. The average molecular weight is 283 g/mol. The van der Waals surface area contributed by atoms with Gasteiger partial charge in [-0.15, -0.1) is 6.58 Å². The van der Waals surface area contributed by atoms with E-state index in [4.69, 9.17) is 11.6 Å². The summed E-state index contributed by atoms with van der Waals surface area (Å²) < 4.78 is 14.1. The molecule has 0 aliphatic carbocycles. The van der Waals surface area contributed by atoms with E-state index in [9.17, 15) is 4.39 Å². The Labute approximate surface area is 119 Å². The van der Waals surface area contributed by atoms with Gasteiger partial charge in [0.25, 0.3) is 0 Å². The number of halogens is 2. The molecule has 104 valence electrons. The Balaban J connectivity index is 2.24. The van der Waals surface area contributed by atoms with E-state index >= 15 is 0 Å². The fourth-order valence-corrected chi connectivity index (χ4v) is 2.75. The summed E-state index contributed by atoms with van der Waals surface area (Å²) in [6.07, 6.45) is 3.64. The van der Waals surface area contributed by atoms with Crippen LogP contribution in [0.1, 0.15) is 24.4 Å². The molecule has 0 saturated carbocycles. The molecule has 1 aromatic carbocycles. The van der Waals surface area contributed by atoms with E-state index < -0.39 is 0 Å². The molecule has 1 aliphatic rings. The van der Waals surface area contributed by atoms with Crippen LogP contribution >= 0.6 is 11.6 Å². The van der Waals surface area contributed by atoms with Crippen molar-refractivity contribution in [1.82, 2.24) is 10.2 Å². The Kier molecular flexibility index (Phi) is 5.37. The van der Waals surface area contributed by atoms with Crippen molar-refractivity contribution in [3.8, 4) is 0 Å². The molecule has 1 N–H and O–H groups in total. The predicted octanol–water partition coefficient (Wildman–Crippen LogP) is 3.39. The number of hydrogen-bond donors (Lipinski definition) is 1. The lowest BCUT2D eigenvalue weighted by Crippen LogP contribution is -2.45. The molecule has 1 saturated heterocycles. The van der Waals surface area contributed by atoms with Gasteiger partial charge < -0.3 is 5.32 Å². The van der Waals surface area contributed by atoms with E-state index in [0.717, 1.165) is 39.0 Å². The second-order valence-electron chi connectivity index (χ2n) is 4.83. The zero-order chi connectivity index (χ0) is 13.7. The molecule has 1 atom stereocenters. The second kappa shape index (κ2) is 7.04. The van der Waals surface area contributed by atoms with Crippen LogP contribution in [0, 0.1) is 5.82 Å². The number of hydrogen-bond acceptors (Lipinski definition) is 2. The van der Waals surface area contributed by atoms with Crippen molar-refractivity contribution < 1.29 is 4.39 Å². The van der Waals surface area contributed by atoms with Crippen LogP contribution in [0.2, 0.25) is 5.02 Å². The summed E-state index contributed by atoms with van der Waals surface area (Å²) in [5.74, 6) is -0.169. The van der Waals surface area contributed by atoms with Crippen LogP contribution in [-0.2, 0) is 0 Å². The maximum Gasteiger partial charge on any atom is 0.128 e. The van der Waals surface area contributed by atoms with Gasteiger partial charge in [0.1, 0.15) is 5.82 Å². The Bertz CT molecular complexity index is 430. The summed E-state index contributed by atoms with van der Waals surface area (Å²) in [7, 11) is 0. The number of nitrogens with zero attached hydrogens (tertiary/aromatic N) is 1. The summed E-state index contributed by atoms with van der Waals surface area (Å²) in [5, 5.41) is 3.91. The van der Waals surface area contributed by atoms with Gasteiger partial charge in [-0.1, -0.05) is 17.7 Å². The molecule has 2 nitrogen and oxygen atoms in total. The van der Waals surface area contributed by atoms with E-state index in [1.807, 2.05) is 6.08 Å². The van der Waals surface area contributed by atoms with Gasteiger partial charge >= 0.3 is 0 Å². The first-order valence-electron chi connectivity index (χ1n) is 6.73. The topological polar surface area (TPSA) is 15.3 Å². The first-order valence-corrected chi connectivity index (χ1v) is 7.11. The first kappa shape index (κ1) is 14.5. The Morgan fingerprint density at radius 3 is 2.84 bits per heavy atom. The Morgan fingerprint density at radius 2 is 2.16 bits per heavy atom. The molecule has 1 aliphatic heterocycles. The molecule has 0 bridgehead atoms. The summed E-state index contributed by atoms with van der Waals surface area (Å²) in [6, 6.07) is 4.90. The first-order chi connectivity index (χ1) is 9.22. The van der Waals surface area contributed by atoms with Gasteiger partial charge in [-0.25, -0.2) is 4.39 Å². The fraction of sp³-hybridized carbons (Fsp3) is 0.467. The number of benzene rings is 1. The van der Waals surface area contributed by atoms with Crippen LogP contribution in [0.15, 0.2) is 30.9 Å². The lowest BCUT2D eigenvalue weighted by molar-refractivity contribution is 0.163. The van der Waals surface area contributed by atoms with Crippen LogP contribution < -0.4 is 5.32 Å². The molecule has 1 fully saturated rings. The molecule has 1 heterocycles. The van der Waals surface area contributed by atoms with Crippen LogP contribution in [0.4, 0.5) is 4.39 Å². The van der Waals surface area contributed by atoms with E-state index in [1.165, 1.54) is 6.07 Å². The predicted molar refractivity (Wildman–Crippen MR) is 78.0 cm³/mol. The number of nitrogens with one attached hydrogen (secondary N) is 1. The van der Waals surface area contributed by atoms with E-state index in [-0.39, 0.29) is 11.9 Å². The van der Waals surface area contributed by atoms with Gasteiger partial charge in [-0.2, -0.15) is 0 Å². The number of rotatable bonds is 5. The van der Waals surface area contributed by atoms with Gasteiger partial charge in [-0.3, -0.25) is 4.90 Å². The molecule has 1 aromatic rings. The molecule has 0 amide bonds. The number of piperazine rings is 1. The third kappa shape index (κ3) is 3.78. The molecule has 0 radical (unpaired) electrons. The van der Waals surface area contributed by atoms with Gasteiger partial charge in [0, 0.05) is 42.8 Å². The quantitative estimate of drug-likeness (QED) is 0.833. The average Bonchev–Trinajstić information content (AvgIpc) is 2.44. The van der Waals surface area contributed by atoms with Gasteiger partial charge in [0.15, 0.2) is 0 Å². The van der Waals surface area contributed by atoms with Gasteiger partial charge in [0.2, 0.25) is 0 Å². The molecular formula is C15H20ClFN2. The minimum atomic E-state index is -0.169. The van der Waals surface area contributed by atoms with Crippen molar-refractivity contribution in [1.29, 1.82) is 0 Å². The fourth-order valence-electron chi connectivity index (χ4n) is 2.57. The zero-order valence-electron chi connectivity index (χ0n) is 11.0. The van der Waals surface area contributed by atoms with Crippen molar-refractivity contribution in [2.45, 2.75) is 18.9 Å². The minimum absolute atomic E-state index is 0.0822. The maximum atomic E-state index is 14.1. The highest BCUT2D eigenvalue weighted by atomic mass is 35.5. The summed E-state index contributed by atoms with van der Waals surface area (Å²) in [4.78, 5) is 2.33. The zero-order valence-corrected chi connectivity index (χ0v) is 11.8. The highest BCUT2D eigenvalue weighted by Crippen LogP contribution is 2.30. The van der Waals surface area contributed by atoms with Crippen molar-refractivity contribution in [3.63, 3.8) is 0 Å². The van der Waals surface area contributed by atoms with Gasteiger partial charge in [-0.05, 0) is 31.0 Å². The molecular weight excluding hydrogens is 263 g/mol. The largest absolute Gasteiger partial charge is 0.314 e. The van der Waals surface area contributed by atoms with Crippen molar-refractivity contribution in [2.75, 3.05) is 26.2 Å². The molecule has 4 heteroatoms. The molecule has 2 rings (SSSR count). The summed E-state index contributed by atoms with van der Waals surface area (Å²) in [6.45, 7) is 7.54. The van der Waals surface area contributed by atoms with E-state index in [1.54, 1.807) is 12.1 Å². The third-order valence-corrected chi connectivity index (χ3v) is 3.79. The second-order valence-corrected chi connectivity index (χ2v) is 5.27. The highest BCUT2D eigenvalue weighted by Gasteiger charge is 2.24. The maximum absolute atomic E-state index is 14.1. The summed E-state index contributed by atoms with van der Waals surface area (Å²) in [5.41, 5.74) is 0.705. The lowest BCUT2D eigenvalue weighted by atomic mass is 9.99. The molecule has 0 aromatic heterocycles. The smallest absolute Gasteiger partial charge is 0.128 e. The molecule has 19 heavy (non-hydrogen) atoms. The standard InChI is InChI=1S/C15H20ClFN2/c1-2-3-4-15(19-9-7-18-8-10-19)13-11-12(16)5-6-14(13)17/h2,5-6,11,15,18H,1,3-4,7-10H2/t15-/m0/s1. The Morgan fingerprint density at radius 1 is 1.42 bits per heavy atom. The van der Waals surface area contributed by atoms with Crippen molar-refractivity contribution in [3.05, 3.63) is 47.3 Å². The Hall–Kier alpha value is -0.900. The van der Waals surface area contributed by atoms with Crippen molar-refractivity contribution >= 4 is 11.6 Å². The molecule has 0 unspecified atom stereocenters. The van der Waals surface area contributed by atoms with Crippen LogP contribution in [0.5, 0.6) is 0 Å². The lowest BCUT2D eigenvalue weighted by Gasteiger charge is -2.35. The van der Waals surface area contributed by atoms with E-state index in [0.29, 0.717) is 10.6 Å².